The zero-order valence-electron chi connectivity index (χ0n) is 13.1. The molecule has 3 heteroatoms. The summed E-state index contributed by atoms with van der Waals surface area (Å²) in [6.45, 7) is 12.8. The van der Waals surface area contributed by atoms with E-state index < -0.39 is 0 Å². The van der Waals surface area contributed by atoms with E-state index in [9.17, 15) is 0 Å². The minimum Gasteiger partial charge on any atom is -0.310 e. The number of benzene rings is 1. The molecular weight excluding hydrogens is 264 g/mol. The van der Waals surface area contributed by atoms with E-state index in [-0.39, 0.29) is 0 Å². The molecule has 0 atom stereocenters. The lowest BCUT2D eigenvalue weighted by atomic mass is 9.98. The number of aryl methyl sites for hydroxylation is 3. The second kappa shape index (κ2) is 6.51. The number of nitrogens with zero attached hydrogens (tertiary/aromatic N) is 1. The molecule has 1 aromatic heterocycles. The fraction of sp³-hybridized carbons (Fsp3) is 0.471. The molecule has 1 heterocycles. The van der Waals surface area contributed by atoms with Crippen molar-refractivity contribution in [3.63, 3.8) is 0 Å². The molecule has 0 aliphatic carbocycles. The van der Waals surface area contributed by atoms with Gasteiger partial charge in [-0.15, -0.1) is 11.3 Å². The molecule has 20 heavy (non-hydrogen) atoms. The third-order valence-corrected chi connectivity index (χ3v) is 4.16. The lowest BCUT2D eigenvalue weighted by molar-refractivity contribution is 0.551. The first-order valence-electron chi connectivity index (χ1n) is 7.20. The van der Waals surface area contributed by atoms with Crippen LogP contribution in [0.5, 0.6) is 0 Å². The second-order valence-electron chi connectivity index (χ2n) is 5.92. The monoisotopic (exact) mass is 288 g/mol. The van der Waals surface area contributed by atoms with Crippen molar-refractivity contribution in [2.24, 2.45) is 5.92 Å². The number of hydrogen-bond donors (Lipinski definition) is 1. The summed E-state index contributed by atoms with van der Waals surface area (Å²) >= 11 is 1.74. The van der Waals surface area contributed by atoms with Crippen molar-refractivity contribution in [3.8, 4) is 11.3 Å². The lowest BCUT2D eigenvalue weighted by Crippen LogP contribution is -2.18. The average Bonchev–Trinajstić information content (AvgIpc) is 2.75. The number of hydrogen-bond acceptors (Lipinski definition) is 3. The summed E-state index contributed by atoms with van der Waals surface area (Å²) in [5.74, 6) is 0.677. The standard InChI is InChI=1S/C17H24N2S/c1-11(2)8-18-9-16-19-15(10-20-16)17-13(4)6-12(3)7-14(17)5/h6-7,10-11,18H,8-9H2,1-5H3. The first-order chi connectivity index (χ1) is 9.47. The second-order valence-corrected chi connectivity index (χ2v) is 6.87. The van der Waals surface area contributed by atoms with Gasteiger partial charge in [0.05, 0.1) is 5.69 Å². The molecule has 0 aliphatic heterocycles. The lowest BCUT2D eigenvalue weighted by Gasteiger charge is -2.09. The Morgan fingerprint density at radius 1 is 1.15 bits per heavy atom. The third-order valence-electron chi connectivity index (χ3n) is 3.31. The topological polar surface area (TPSA) is 24.9 Å². The fourth-order valence-electron chi connectivity index (χ4n) is 2.56. The Morgan fingerprint density at radius 2 is 1.80 bits per heavy atom. The van der Waals surface area contributed by atoms with E-state index in [4.69, 9.17) is 4.98 Å². The van der Waals surface area contributed by atoms with Crippen LogP contribution in [0.3, 0.4) is 0 Å². The van der Waals surface area contributed by atoms with Gasteiger partial charge in [0.15, 0.2) is 0 Å². The Bertz CT molecular complexity index is 561. The summed E-state index contributed by atoms with van der Waals surface area (Å²) < 4.78 is 0. The van der Waals surface area contributed by atoms with Crippen LogP contribution in [0.25, 0.3) is 11.3 Å². The Labute approximate surface area is 126 Å². The maximum Gasteiger partial charge on any atom is 0.107 e. The molecule has 0 amide bonds. The van der Waals surface area contributed by atoms with E-state index in [1.165, 1.54) is 27.3 Å². The summed E-state index contributed by atoms with van der Waals surface area (Å²) in [5.41, 5.74) is 6.36. The summed E-state index contributed by atoms with van der Waals surface area (Å²) in [6.07, 6.45) is 0. The minimum absolute atomic E-state index is 0.677. The van der Waals surface area contributed by atoms with Gasteiger partial charge >= 0.3 is 0 Å². The largest absolute Gasteiger partial charge is 0.310 e. The van der Waals surface area contributed by atoms with Gasteiger partial charge in [-0.2, -0.15) is 0 Å². The van der Waals surface area contributed by atoms with Crippen LogP contribution >= 0.6 is 11.3 Å². The fourth-order valence-corrected chi connectivity index (χ4v) is 3.31. The van der Waals surface area contributed by atoms with Gasteiger partial charge in [0.1, 0.15) is 5.01 Å². The maximum atomic E-state index is 4.78. The van der Waals surface area contributed by atoms with Gasteiger partial charge in [-0.3, -0.25) is 0 Å². The number of nitrogens with one attached hydrogen (secondary N) is 1. The molecule has 0 aliphatic rings. The van der Waals surface area contributed by atoms with Gasteiger partial charge in [-0.25, -0.2) is 4.98 Å². The molecule has 0 saturated heterocycles. The molecule has 108 valence electrons. The predicted molar refractivity (Wildman–Crippen MR) is 88.3 cm³/mol. The molecule has 0 saturated carbocycles. The van der Waals surface area contributed by atoms with E-state index in [2.05, 4.69) is 57.4 Å². The van der Waals surface area contributed by atoms with Crippen LogP contribution in [0, 0.1) is 26.7 Å². The molecule has 0 unspecified atom stereocenters. The highest BCUT2D eigenvalue weighted by Gasteiger charge is 2.10. The van der Waals surface area contributed by atoms with Gasteiger partial charge in [-0.05, 0) is 44.4 Å². The molecule has 2 aromatic rings. The maximum absolute atomic E-state index is 4.78. The van der Waals surface area contributed by atoms with Gasteiger partial charge < -0.3 is 5.32 Å². The Hall–Kier alpha value is -1.19. The van der Waals surface area contributed by atoms with Crippen molar-refractivity contribution in [1.29, 1.82) is 0 Å². The highest BCUT2D eigenvalue weighted by atomic mass is 32.1. The summed E-state index contributed by atoms with van der Waals surface area (Å²) in [7, 11) is 0. The minimum atomic E-state index is 0.677. The van der Waals surface area contributed by atoms with Crippen LogP contribution in [0.15, 0.2) is 17.5 Å². The van der Waals surface area contributed by atoms with Crippen LogP contribution in [-0.2, 0) is 6.54 Å². The highest BCUT2D eigenvalue weighted by Crippen LogP contribution is 2.29. The first kappa shape index (κ1) is 15.2. The van der Waals surface area contributed by atoms with Crippen LogP contribution in [-0.4, -0.2) is 11.5 Å². The Kier molecular flexibility index (Phi) is 4.95. The van der Waals surface area contributed by atoms with Crippen molar-refractivity contribution < 1.29 is 0 Å². The molecular formula is C17H24N2S. The van der Waals surface area contributed by atoms with Gasteiger partial charge in [0.2, 0.25) is 0 Å². The zero-order chi connectivity index (χ0) is 14.7. The molecule has 2 rings (SSSR count). The normalized spacial score (nSPS) is 11.3. The summed E-state index contributed by atoms with van der Waals surface area (Å²) in [4.78, 5) is 4.78. The number of rotatable bonds is 5. The van der Waals surface area contributed by atoms with Crippen LogP contribution in [0.4, 0.5) is 0 Å². The van der Waals surface area contributed by atoms with Crippen LogP contribution in [0.2, 0.25) is 0 Å². The van der Waals surface area contributed by atoms with Gasteiger partial charge in [0.25, 0.3) is 0 Å². The summed E-state index contributed by atoms with van der Waals surface area (Å²) in [5, 5.41) is 6.80. The third kappa shape index (κ3) is 3.68. The molecule has 1 aromatic carbocycles. The Balaban J connectivity index is 2.17. The predicted octanol–water partition coefficient (Wildman–Crippen LogP) is 4.48. The number of thiazole rings is 1. The van der Waals surface area contributed by atoms with E-state index in [1.54, 1.807) is 11.3 Å². The average molecular weight is 288 g/mol. The van der Waals surface area contributed by atoms with E-state index >= 15 is 0 Å². The van der Waals surface area contributed by atoms with Crippen LogP contribution in [0.1, 0.15) is 35.5 Å². The van der Waals surface area contributed by atoms with Crippen molar-refractivity contribution in [1.82, 2.24) is 10.3 Å². The number of aromatic nitrogens is 1. The highest BCUT2D eigenvalue weighted by molar-refractivity contribution is 7.09. The summed E-state index contributed by atoms with van der Waals surface area (Å²) in [6, 6.07) is 4.47. The smallest absolute Gasteiger partial charge is 0.107 e. The van der Waals surface area contributed by atoms with Crippen molar-refractivity contribution in [2.75, 3.05) is 6.54 Å². The van der Waals surface area contributed by atoms with Crippen molar-refractivity contribution in [2.45, 2.75) is 41.2 Å². The SMILES string of the molecule is Cc1cc(C)c(-c2csc(CNCC(C)C)n2)c(C)c1. The van der Waals surface area contributed by atoms with Crippen LogP contribution < -0.4 is 5.32 Å². The molecule has 1 N–H and O–H groups in total. The van der Waals surface area contributed by atoms with E-state index in [1.807, 2.05) is 0 Å². The zero-order valence-corrected chi connectivity index (χ0v) is 13.9. The first-order valence-corrected chi connectivity index (χ1v) is 8.08. The molecule has 2 nitrogen and oxygen atoms in total. The van der Waals surface area contributed by atoms with Crippen molar-refractivity contribution >= 4 is 11.3 Å². The van der Waals surface area contributed by atoms with Gasteiger partial charge in [0, 0.05) is 17.5 Å². The molecule has 0 radical (unpaired) electrons. The van der Waals surface area contributed by atoms with E-state index in [0.717, 1.165) is 18.8 Å². The molecule has 0 spiro atoms. The quantitative estimate of drug-likeness (QED) is 0.877. The molecule has 0 bridgehead atoms. The van der Waals surface area contributed by atoms with Gasteiger partial charge in [-0.1, -0.05) is 31.5 Å². The van der Waals surface area contributed by atoms with Crippen molar-refractivity contribution in [3.05, 3.63) is 39.2 Å². The molecule has 0 fully saturated rings. The Morgan fingerprint density at radius 3 is 2.40 bits per heavy atom. The van der Waals surface area contributed by atoms with E-state index in [0.29, 0.717) is 5.92 Å².